The van der Waals surface area contributed by atoms with Gasteiger partial charge in [0.25, 0.3) is 0 Å². The van der Waals surface area contributed by atoms with Gasteiger partial charge in [0.15, 0.2) is 16.3 Å². The Morgan fingerprint density at radius 1 is 1.35 bits per heavy atom. The highest BCUT2D eigenvalue weighted by Crippen LogP contribution is 2.36. The minimum absolute atomic E-state index is 0.0244. The molecule has 31 heavy (non-hydrogen) atoms. The Labute approximate surface area is 179 Å². The van der Waals surface area contributed by atoms with Gasteiger partial charge in [-0.3, -0.25) is 19.7 Å². The molecule has 10 nitrogen and oxygen atoms in total. The van der Waals surface area contributed by atoms with Gasteiger partial charge >= 0.3 is 6.01 Å². The number of hydrogen-bond acceptors (Lipinski definition) is 8. The van der Waals surface area contributed by atoms with E-state index in [9.17, 15) is 18.5 Å². The predicted molar refractivity (Wildman–Crippen MR) is 112 cm³/mol. The Morgan fingerprint density at radius 2 is 2.16 bits per heavy atom. The summed E-state index contributed by atoms with van der Waals surface area (Å²) in [6, 6.07) is 7.91. The van der Waals surface area contributed by atoms with Crippen LogP contribution in [0, 0.1) is 17.2 Å². The van der Waals surface area contributed by atoms with Crippen LogP contribution in [0.15, 0.2) is 35.0 Å². The summed E-state index contributed by atoms with van der Waals surface area (Å²) in [4.78, 5) is 18.2. The zero-order valence-corrected chi connectivity index (χ0v) is 17.4. The first-order chi connectivity index (χ1) is 15.0. The highest BCUT2D eigenvalue weighted by Gasteiger charge is 2.45. The third kappa shape index (κ3) is 3.68. The standard InChI is InChI=1S/C20H20N6O4S/c21-7-6-20(10-25(11-20)12-31(28)29)26-9-14(8-22-26)15-2-1-3-16-17(15)30-19(23-16)24-18(27)13-4-5-13/h1-3,8-9,13,31H,4-6,10-12H2,(H,23,24,27). The van der Waals surface area contributed by atoms with Gasteiger partial charge in [-0.05, 0) is 18.9 Å². The molecule has 3 aromatic rings. The fourth-order valence-electron chi connectivity index (χ4n) is 4.04. The van der Waals surface area contributed by atoms with Crippen molar-refractivity contribution in [3.8, 4) is 17.2 Å². The van der Waals surface area contributed by atoms with E-state index in [-0.39, 0.29) is 30.1 Å². The lowest BCUT2D eigenvalue weighted by Crippen LogP contribution is -2.62. The number of fused-ring (bicyclic) bond motifs is 1. The Hall–Kier alpha value is -3.23. The van der Waals surface area contributed by atoms with E-state index in [0.29, 0.717) is 24.2 Å². The van der Waals surface area contributed by atoms with Gasteiger partial charge in [-0.2, -0.15) is 15.3 Å². The summed E-state index contributed by atoms with van der Waals surface area (Å²) in [7, 11) is -2.51. The van der Waals surface area contributed by atoms with Crippen LogP contribution in [-0.4, -0.2) is 53.0 Å². The summed E-state index contributed by atoms with van der Waals surface area (Å²) < 4.78 is 29.6. The molecule has 3 heterocycles. The third-order valence-electron chi connectivity index (χ3n) is 5.73. The minimum Gasteiger partial charge on any atom is -0.423 e. The van der Waals surface area contributed by atoms with Gasteiger partial charge in [0.2, 0.25) is 5.91 Å². The van der Waals surface area contributed by atoms with Crippen molar-refractivity contribution < 1.29 is 17.6 Å². The molecule has 1 aliphatic carbocycles. The zero-order valence-electron chi connectivity index (χ0n) is 16.5. The van der Waals surface area contributed by atoms with Crippen LogP contribution in [0.5, 0.6) is 0 Å². The predicted octanol–water partition coefficient (Wildman–Crippen LogP) is 1.53. The van der Waals surface area contributed by atoms with E-state index in [1.165, 1.54) is 0 Å². The van der Waals surface area contributed by atoms with E-state index in [4.69, 9.17) is 4.42 Å². The molecule has 0 unspecified atom stereocenters. The Morgan fingerprint density at radius 3 is 2.87 bits per heavy atom. The number of rotatable bonds is 7. The average Bonchev–Trinajstić information content (AvgIpc) is 3.29. The van der Waals surface area contributed by atoms with Crippen molar-refractivity contribution in [2.75, 3.05) is 24.3 Å². The van der Waals surface area contributed by atoms with E-state index in [1.54, 1.807) is 15.8 Å². The monoisotopic (exact) mass is 440 g/mol. The van der Waals surface area contributed by atoms with Gasteiger partial charge in [0, 0.05) is 36.3 Å². The van der Waals surface area contributed by atoms with Crippen LogP contribution in [0.25, 0.3) is 22.2 Å². The lowest BCUT2D eigenvalue weighted by molar-refractivity contribution is -0.117. The summed E-state index contributed by atoms with van der Waals surface area (Å²) in [6.45, 7) is 0.879. The highest BCUT2D eigenvalue weighted by molar-refractivity contribution is 7.72. The Balaban J connectivity index is 1.43. The second-order valence-corrected chi connectivity index (χ2v) is 9.08. The summed E-state index contributed by atoms with van der Waals surface area (Å²) in [6.07, 6.45) is 5.54. The molecule has 1 aliphatic heterocycles. The SMILES string of the molecule is N#CCC1(n2cc(-c3cccc4nc(NC(=O)C5CC5)oc34)cn2)CN(C[SH](=O)=O)C1. The number of nitrogens with zero attached hydrogens (tertiary/aromatic N) is 5. The van der Waals surface area contributed by atoms with Crippen molar-refractivity contribution in [3.63, 3.8) is 0 Å². The number of para-hydroxylation sites is 1. The number of benzene rings is 1. The fraction of sp³-hybridized carbons (Fsp3) is 0.400. The van der Waals surface area contributed by atoms with Crippen LogP contribution in [0.4, 0.5) is 6.01 Å². The molecule has 1 N–H and O–H groups in total. The number of carbonyl (C=O) groups is 1. The van der Waals surface area contributed by atoms with Crippen molar-refractivity contribution in [3.05, 3.63) is 30.6 Å². The Kier molecular flexibility index (Phi) is 4.75. The van der Waals surface area contributed by atoms with E-state index in [0.717, 1.165) is 24.0 Å². The zero-order chi connectivity index (χ0) is 21.6. The van der Waals surface area contributed by atoms with Crippen LogP contribution in [0.3, 0.4) is 0 Å². The molecule has 1 amide bonds. The number of nitrogens with one attached hydrogen (secondary N) is 1. The van der Waals surface area contributed by atoms with Crippen LogP contribution < -0.4 is 5.32 Å². The van der Waals surface area contributed by atoms with Crippen molar-refractivity contribution in [1.82, 2.24) is 19.7 Å². The number of nitriles is 1. The smallest absolute Gasteiger partial charge is 0.302 e. The normalized spacial score (nSPS) is 18.1. The molecule has 1 aromatic carbocycles. The molecule has 2 fully saturated rings. The number of oxazole rings is 1. The quantitative estimate of drug-likeness (QED) is 0.528. The number of anilines is 1. The molecule has 2 aliphatic rings. The van der Waals surface area contributed by atoms with Crippen LogP contribution in [0.1, 0.15) is 19.3 Å². The number of aromatic nitrogens is 3. The largest absolute Gasteiger partial charge is 0.423 e. The topological polar surface area (TPSA) is 134 Å². The molecule has 0 spiro atoms. The Bertz CT molecular complexity index is 1270. The molecule has 160 valence electrons. The number of carbonyl (C=O) groups excluding carboxylic acids is 1. The first-order valence-electron chi connectivity index (χ1n) is 9.94. The maximum Gasteiger partial charge on any atom is 0.302 e. The third-order valence-corrected chi connectivity index (χ3v) is 6.36. The van der Waals surface area contributed by atoms with E-state index in [1.807, 2.05) is 24.4 Å². The molecular weight excluding hydrogens is 420 g/mol. The van der Waals surface area contributed by atoms with Gasteiger partial charge < -0.3 is 4.42 Å². The summed E-state index contributed by atoms with van der Waals surface area (Å²) >= 11 is 0. The molecule has 1 saturated heterocycles. The van der Waals surface area contributed by atoms with E-state index in [2.05, 4.69) is 21.5 Å². The van der Waals surface area contributed by atoms with Gasteiger partial charge in [-0.1, -0.05) is 12.1 Å². The maximum atomic E-state index is 12.0. The maximum absolute atomic E-state index is 12.0. The number of amides is 1. The second-order valence-electron chi connectivity index (χ2n) is 8.13. The van der Waals surface area contributed by atoms with Crippen molar-refractivity contribution in [2.45, 2.75) is 24.8 Å². The average molecular weight is 440 g/mol. The molecule has 0 radical (unpaired) electrons. The van der Waals surface area contributed by atoms with Crippen LogP contribution in [0.2, 0.25) is 0 Å². The van der Waals surface area contributed by atoms with E-state index < -0.39 is 16.2 Å². The van der Waals surface area contributed by atoms with Crippen LogP contribution >= 0.6 is 0 Å². The molecule has 5 rings (SSSR count). The minimum atomic E-state index is -2.51. The van der Waals surface area contributed by atoms with Gasteiger partial charge in [0.1, 0.15) is 11.1 Å². The number of likely N-dealkylation sites (tertiary alicyclic amines) is 1. The van der Waals surface area contributed by atoms with Gasteiger partial charge in [-0.15, -0.1) is 0 Å². The molecule has 0 bridgehead atoms. The lowest BCUT2D eigenvalue weighted by Gasteiger charge is -2.48. The highest BCUT2D eigenvalue weighted by atomic mass is 32.2. The molecule has 0 atom stereocenters. The second kappa shape index (κ2) is 7.47. The lowest BCUT2D eigenvalue weighted by atomic mass is 9.87. The van der Waals surface area contributed by atoms with E-state index >= 15 is 0 Å². The van der Waals surface area contributed by atoms with Crippen molar-refractivity contribution >= 4 is 33.7 Å². The number of hydrogen-bond donors (Lipinski definition) is 2. The first-order valence-corrected chi connectivity index (χ1v) is 11.3. The fourth-order valence-corrected chi connectivity index (χ4v) is 4.56. The molecule has 2 aromatic heterocycles. The molecule has 1 saturated carbocycles. The first kappa shape index (κ1) is 19.7. The molecule has 11 heteroatoms. The van der Waals surface area contributed by atoms with Gasteiger partial charge in [0.05, 0.1) is 24.6 Å². The molecular formula is C20H20N6O4S. The summed E-state index contributed by atoms with van der Waals surface area (Å²) in [5.74, 6) is -0.0526. The van der Waals surface area contributed by atoms with Crippen molar-refractivity contribution in [2.24, 2.45) is 5.92 Å². The van der Waals surface area contributed by atoms with Crippen LogP contribution in [-0.2, 0) is 21.0 Å². The number of thiol groups is 1. The summed E-state index contributed by atoms with van der Waals surface area (Å²) in [5, 5.41) is 16.5. The van der Waals surface area contributed by atoms with Gasteiger partial charge in [-0.25, -0.2) is 8.42 Å². The van der Waals surface area contributed by atoms with Crippen molar-refractivity contribution in [1.29, 1.82) is 5.26 Å². The summed E-state index contributed by atoms with van der Waals surface area (Å²) in [5.41, 5.74) is 2.16.